The van der Waals surface area contributed by atoms with Crippen molar-refractivity contribution < 1.29 is 19.5 Å². The summed E-state index contributed by atoms with van der Waals surface area (Å²) in [6.07, 6.45) is 0.808. The topological polar surface area (TPSA) is 82.2 Å². The summed E-state index contributed by atoms with van der Waals surface area (Å²) in [5.74, 6) is 1.63. The number of likely N-dealkylation sites (tertiary alicyclic amines) is 1. The van der Waals surface area contributed by atoms with Crippen LogP contribution in [0.2, 0.25) is 0 Å². The van der Waals surface area contributed by atoms with Crippen LogP contribution in [0.15, 0.2) is 28.8 Å². The van der Waals surface area contributed by atoms with Gasteiger partial charge in [0, 0.05) is 38.3 Å². The quantitative estimate of drug-likeness (QED) is 0.664. The predicted octanol–water partition coefficient (Wildman–Crippen LogP) is 2.12. The van der Waals surface area contributed by atoms with E-state index in [4.69, 9.17) is 9.26 Å². The second kappa shape index (κ2) is 10.2. The van der Waals surface area contributed by atoms with Crippen molar-refractivity contribution in [3.8, 4) is 5.75 Å². The lowest BCUT2D eigenvalue weighted by Gasteiger charge is -2.30. The summed E-state index contributed by atoms with van der Waals surface area (Å²) < 4.78 is 11.1. The molecular formula is C22H33N3O4. The van der Waals surface area contributed by atoms with Crippen LogP contribution in [-0.2, 0) is 13.1 Å². The Morgan fingerprint density at radius 3 is 2.72 bits per heavy atom. The van der Waals surface area contributed by atoms with Crippen LogP contribution in [0.4, 0.5) is 0 Å². The smallest absolute Gasteiger partial charge is 0.138 e. The first-order chi connectivity index (χ1) is 13.9. The first-order valence-electron chi connectivity index (χ1n) is 10.3. The minimum Gasteiger partial charge on any atom is -0.491 e. The van der Waals surface area contributed by atoms with Gasteiger partial charge in [0.05, 0.1) is 11.8 Å². The minimum atomic E-state index is -0.545. The van der Waals surface area contributed by atoms with E-state index in [0.29, 0.717) is 6.54 Å². The zero-order valence-electron chi connectivity index (χ0n) is 17.7. The summed E-state index contributed by atoms with van der Waals surface area (Å²) in [5.41, 5.74) is 3.22. The number of piperidine rings is 1. The molecule has 7 heteroatoms. The molecule has 3 rings (SSSR count). The third-order valence-electron chi connectivity index (χ3n) is 5.43. The lowest BCUT2D eigenvalue weighted by Crippen LogP contribution is -2.41. The molecule has 2 aromatic rings. The number of nitrogens with zero attached hydrogens (tertiary/aromatic N) is 3. The van der Waals surface area contributed by atoms with E-state index in [9.17, 15) is 10.2 Å². The molecule has 1 aliphatic rings. The lowest BCUT2D eigenvalue weighted by molar-refractivity contribution is 0.0337. The largest absolute Gasteiger partial charge is 0.491 e. The van der Waals surface area contributed by atoms with Crippen molar-refractivity contribution in [2.45, 2.75) is 52.0 Å². The zero-order valence-corrected chi connectivity index (χ0v) is 17.7. The summed E-state index contributed by atoms with van der Waals surface area (Å²) in [7, 11) is 2.07. The molecule has 7 nitrogen and oxygen atoms in total. The number of ether oxygens (including phenoxy) is 1. The monoisotopic (exact) mass is 403 g/mol. The molecule has 1 atom stereocenters. The number of aliphatic hydroxyl groups excluding tert-OH is 2. The number of hydrogen-bond acceptors (Lipinski definition) is 7. The summed E-state index contributed by atoms with van der Waals surface area (Å²) in [6, 6.07) is 7.99. The van der Waals surface area contributed by atoms with Gasteiger partial charge >= 0.3 is 0 Å². The maximum absolute atomic E-state index is 10.3. The second-order valence-corrected chi connectivity index (χ2v) is 8.12. The number of benzene rings is 1. The Kier molecular flexibility index (Phi) is 7.66. The predicted molar refractivity (Wildman–Crippen MR) is 111 cm³/mol. The van der Waals surface area contributed by atoms with Crippen molar-refractivity contribution >= 4 is 0 Å². The average Bonchev–Trinajstić information content (AvgIpc) is 3.00. The van der Waals surface area contributed by atoms with Gasteiger partial charge in [-0.15, -0.1) is 0 Å². The Hall–Kier alpha value is -1.93. The number of β-amino-alcohol motifs (C(OH)–C–C–N with tert-alkyl or cyclic N) is 1. The molecule has 1 aromatic carbocycles. The molecule has 2 N–H and O–H groups in total. The van der Waals surface area contributed by atoms with Gasteiger partial charge in [-0.3, -0.25) is 4.90 Å². The third kappa shape index (κ3) is 6.54. The van der Waals surface area contributed by atoms with Gasteiger partial charge in [0.1, 0.15) is 24.2 Å². The molecule has 1 aliphatic heterocycles. The van der Waals surface area contributed by atoms with Crippen LogP contribution in [0.25, 0.3) is 0 Å². The fraction of sp³-hybridized carbons (Fsp3) is 0.591. The Morgan fingerprint density at radius 1 is 1.28 bits per heavy atom. The van der Waals surface area contributed by atoms with Crippen molar-refractivity contribution in [3.63, 3.8) is 0 Å². The van der Waals surface area contributed by atoms with Crippen LogP contribution >= 0.6 is 0 Å². The highest BCUT2D eigenvalue weighted by Crippen LogP contribution is 2.18. The molecular weight excluding hydrogens is 370 g/mol. The summed E-state index contributed by atoms with van der Waals surface area (Å²) >= 11 is 0. The highest BCUT2D eigenvalue weighted by Gasteiger charge is 2.19. The van der Waals surface area contributed by atoms with E-state index >= 15 is 0 Å². The SMILES string of the molecule is Cc1noc(C)c1CN(C)Cc1cccc(OC[C@@H](O)CN2CCC(O)CC2)c1. The molecule has 2 heterocycles. The van der Waals surface area contributed by atoms with Gasteiger partial charge in [-0.05, 0) is 51.4 Å². The fourth-order valence-corrected chi connectivity index (χ4v) is 3.74. The molecule has 1 saturated heterocycles. The van der Waals surface area contributed by atoms with E-state index in [1.165, 1.54) is 0 Å². The van der Waals surface area contributed by atoms with E-state index in [1.807, 2.05) is 32.0 Å². The number of aryl methyl sites for hydroxylation is 2. The zero-order chi connectivity index (χ0) is 20.8. The Labute approximate surface area is 172 Å². The van der Waals surface area contributed by atoms with Crippen LogP contribution in [0.3, 0.4) is 0 Å². The molecule has 0 saturated carbocycles. The number of hydrogen-bond donors (Lipinski definition) is 2. The van der Waals surface area contributed by atoms with Gasteiger partial charge in [-0.2, -0.15) is 0 Å². The van der Waals surface area contributed by atoms with E-state index in [-0.39, 0.29) is 12.7 Å². The van der Waals surface area contributed by atoms with Crippen LogP contribution in [-0.4, -0.2) is 70.7 Å². The first-order valence-corrected chi connectivity index (χ1v) is 10.3. The van der Waals surface area contributed by atoms with Crippen molar-refractivity contribution in [1.82, 2.24) is 15.0 Å². The minimum absolute atomic E-state index is 0.196. The molecule has 0 spiro atoms. The Morgan fingerprint density at radius 2 is 2.03 bits per heavy atom. The average molecular weight is 404 g/mol. The first kappa shape index (κ1) is 21.8. The molecule has 0 bridgehead atoms. The molecule has 160 valence electrons. The molecule has 0 unspecified atom stereocenters. The molecule has 0 amide bonds. The molecule has 29 heavy (non-hydrogen) atoms. The number of aromatic nitrogens is 1. The molecule has 0 radical (unpaired) electrons. The second-order valence-electron chi connectivity index (χ2n) is 8.12. The highest BCUT2D eigenvalue weighted by molar-refractivity contribution is 5.29. The normalized spacial score (nSPS) is 17.0. The van der Waals surface area contributed by atoms with Gasteiger partial charge in [-0.25, -0.2) is 0 Å². The van der Waals surface area contributed by atoms with E-state index in [0.717, 1.165) is 67.4 Å². The van der Waals surface area contributed by atoms with Crippen molar-refractivity contribution in [2.24, 2.45) is 0 Å². The van der Waals surface area contributed by atoms with Gasteiger partial charge in [0.2, 0.25) is 0 Å². The highest BCUT2D eigenvalue weighted by atomic mass is 16.5. The van der Waals surface area contributed by atoms with Gasteiger partial charge in [0.15, 0.2) is 0 Å². The number of rotatable bonds is 9. The third-order valence-corrected chi connectivity index (χ3v) is 5.43. The van der Waals surface area contributed by atoms with Crippen molar-refractivity contribution in [3.05, 3.63) is 46.8 Å². The molecule has 0 aliphatic carbocycles. The van der Waals surface area contributed by atoms with Gasteiger partial charge < -0.3 is 24.4 Å². The van der Waals surface area contributed by atoms with Crippen molar-refractivity contribution in [2.75, 3.05) is 33.3 Å². The van der Waals surface area contributed by atoms with E-state index in [2.05, 4.69) is 28.1 Å². The molecule has 1 fully saturated rings. The maximum atomic E-state index is 10.3. The standard InChI is InChI=1S/C22H33N3O4/c1-16-22(17(2)29-23-16)14-24(3)12-18-5-4-6-21(11-18)28-15-20(27)13-25-9-7-19(26)8-10-25/h4-6,11,19-20,26-27H,7-10,12-15H2,1-3H3/t20-/m0/s1. The number of aliphatic hydroxyl groups is 2. The Bertz CT molecular complexity index is 752. The van der Waals surface area contributed by atoms with Crippen molar-refractivity contribution in [1.29, 1.82) is 0 Å². The van der Waals surface area contributed by atoms with Gasteiger partial charge in [0.25, 0.3) is 0 Å². The summed E-state index contributed by atoms with van der Waals surface area (Å²) in [6.45, 7) is 7.94. The summed E-state index contributed by atoms with van der Waals surface area (Å²) in [4.78, 5) is 4.39. The van der Waals surface area contributed by atoms with Gasteiger partial charge in [-0.1, -0.05) is 17.3 Å². The Balaban J connectivity index is 1.46. The lowest BCUT2D eigenvalue weighted by atomic mass is 10.1. The van der Waals surface area contributed by atoms with Crippen LogP contribution in [0.5, 0.6) is 5.75 Å². The van der Waals surface area contributed by atoms with Crippen LogP contribution in [0, 0.1) is 13.8 Å². The van der Waals surface area contributed by atoms with E-state index in [1.54, 1.807) is 0 Å². The van der Waals surface area contributed by atoms with Crippen LogP contribution < -0.4 is 4.74 Å². The van der Waals surface area contributed by atoms with Crippen LogP contribution in [0.1, 0.15) is 35.4 Å². The molecule has 1 aromatic heterocycles. The maximum Gasteiger partial charge on any atom is 0.138 e. The van der Waals surface area contributed by atoms with E-state index < -0.39 is 6.10 Å². The summed E-state index contributed by atoms with van der Waals surface area (Å²) in [5, 5.41) is 23.9. The fourth-order valence-electron chi connectivity index (χ4n) is 3.74.